The molecule has 3 nitrogen and oxygen atoms in total. The summed E-state index contributed by atoms with van der Waals surface area (Å²) in [5.41, 5.74) is 4.20. The Hall–Kier alpha value is -3.07. The minimum absolute atomic E-state index is 0.0181. The highest BCUT2D eigenvalue weighted by Crippen LogP contribution is 2.32. The first kappa shape index (κ1) is 18.7. The van der Waals surface area contributed by atoms with Crippen LogP contribution < -0.4 is 10.1 Å². The lowest BCUT2D eigenvalue weighted by Crippen LogP contribution is -2.21. The van der Waals surface area contributed by atoms with Crippen LogP contribution in [-0.4, -0.2) is 12.5 Å². The molecule has 0 fully saturated rings. The molecule has 0 bridgehead atoms. The van der Waals surface area contributed by atoms with E-state index < -0.39 is 0 Å². The lowest BCUT2D eigenvalue weighted by molar-refractivity contribution is -0.118. The van der Waals surface area contributed by atoms with Crippen LogP contribution >= 0.6 is 0 Å². The molecule has 0 saturated carbocycles. The van der Waals surface area contributed by atoms with Gasteiger partial charge in [0.2, 0.25) is 0 Å². The third-order valence-corrected chi connectivity index (χ3v) is 4.86. The molecule has 3 aromatic carbocycles. The lowest BCUT2D eigenvalue weighted by Gasteiger charge is -2.26. The van der Waals surface area contributed by atoms with Gasteiger partial charge < -0.3 is 10.1 Å². The topological polar surface area (TPSA) is 38.3 Å². The molecule has 3 heteroatoms. The minimum atomic E-state index is -0.169. The van der Waals surface area contributed by atoms with Crippen molar-refractivity contribution in [3.8, 4) is 5.75 Å². The average Bonchev–Trinajstić information content (AvgIpc) is 2.69. The van der Waals surface area contributed by atoms with Crippen molar-refractivity contribution < 1.29 is 9.53 Å². The molecule has 27 heavy (non-hydrogen) atoms. The Labute approximate surface area is 161 Å². The summed E-state index contributed by atoms with van der Waals surface area (Å²) < 4.78 is 5.64. The van der Waals surface area contributed by atoms with Crippen LogP contribution in [0.5, 0.6) is 5.75 Å². The van der Waals surface area contributed by atoms with Crippen LogP contribution in [0.4, 0.5) is 5.69 Å². The van der Waals surface area contributed by atoms with Crippen molar-refractivity contribution in [1.29, 1.82) is 0 Å². The number of anilines is 1. The molecule has 0 atom stereocenters. The molecule has 0 radical (unpaired) electrons. The van der Waals surface area contributed by atoms with E-state index in [1.807, 2.05) is 49.4 Å². The molecule has 0 saturated heterocycles. The van der Waals surface area contributed by atoms with Gasteiger partial charge in [-0.15, -0.1) is 0 Å². The van der Waals surface area contributed by atoms with Crippen molar-refractivity contribution >= 4 is 11.6 Å². The first-order valence-corrected chi connectivity index (χ1v) is 9.11. The van der Waals surface area contributed by atoms with Crippen molar-refractivity contribution in [3.05, 3.63) is 95.6 Å². The molecule has 0 aliphatic carbocycles. The van der Waals surface area contributed by atoms with Crippen LogP contribution in [0.15, 0.2) is 78.9 Å². The Kier molecular flexibility index (Phi) is 5.60. The van der Waals surface area contributed by atoms with Crippen LogP contribution in [0.2, 0.25) is 0 Å². The van der Waals surface area contributed by atoms with Gasteiger partial charge in [-0.1, -0.05) is 74.5 Å². The number of carbonyl (C=O) groups is 1. The molecule has 3 rings (SSSR count). The Morgan fingerprint density at radius 2 is 1.44 bits per heavy atom. The Balaban J connectivity index is 1.61. The van der Waals surface area contributed by atoms with E-state index in [-0.39, 0.29) is 17.9 Å². The lowest BCUT2D eigenvalue weighted by atomic mass is 9.78. The maximum atomic E-state index is 12.1. The van der Waals surface area contributed by atoms with E-state index >= 15 is 0 Å². The second-order valence-electron chi connectivity index (χ2n) is 7.17. The molecule has 1 amide bonds. The van der Waals surface area contributed by atoms with E-state index in [0.29, 0.717) is 5.75 Å². The Morgan fingerprint density at radius 3 is 2.11 bits per heavy atom. The van der Waals surface area contributed by atoms with E-state index in [4.69, 9.17) is 4.74 Å². The van der Waals surface area contributed by atoms with Gasteiger partial charge in [0, 0.05) is 11.1 Å². The third kappa shape index (κ3) is 4.56. The number of para-hydroxylation sites is 1. The number of carbonyl (C=O) groups excluding carboxylic acids is 1. The summed E-state index contributed by atoms with van der Waals surface area (Å²) in [4.78, 5) is 12.1. The van der Waals surface area contributed by atoms with Gasteiger partial charge >= 0.3 is 0 Å². The highest BCUT2D eigenvalue weighted by atomic mass is 16.5. The normalized spacial score (nSPS) is 11.1. The van der Waals surface area contributed by atoms with Crippen LogP contribution in [0.1, 0.15) is 30.5 Å². The van der Waals surface area contributed by atoms with Crippen molar-refractivity contribution in [2.75, 3.05) is 11.9 Å². The second-order valence-corrected chi connectivity index (χ2v) is 7.17. The van der Waals surface area contributed by atoms with Crippen LogP contribution in [0.25, 0.3) is 0 Å². The summed E-state index contributed by atoms with van der Waals surface area (Å²) in [6.07, 6.45) is 0. The Bertz CT molecular complexity index is 899. The largest absolute Gasteiger partial charge is 0.484 e. The first-order chi connectivity index (χ1) is 13.0. The fourth-order valence-corrected chi connectivity index (χ4v) is 3.04. The van der Waals surface area contributed by atoms with E-state index in [1.165, 1.54) is 11.1 Å². The predicted molar refractivity (Wildman–Crippen MR) is 110 cm³/mol. The highest BCUT2D eigenvalue weighted by molar-refractivity contribution is 5.92. The zero-order valence-corrected chi connectivity index (χ0v) is 16.0. The monoisotopic (exact) mass is 359 g/mol. The van der Waals surface area contributed by atoms with Crippen LogP contribution in [0.3, 0.4) is 0 Å². The standard InChI is InChI=1S/C24H25NO2/c1-18-9-7-8-12-22(18)25-23(26)17-27-21-15-13-20(14-16-21)24(2,3)19-10-5-4-6-11-19/h4-16H,17H2,1-3H3,(H,25,26). The molecule has 0 unspecified atom stereocenters. The zero-order valence-electron chi connectivity index (χ0n) is 16.0. The van der Waals surface area contributed by atoms with Crippen molar-refractivity contribution in [3.63, 3.8) is 0 Å². The van der Waals surface area contributed by atoms with Crippen LogP contribution in [0, 0.1) is 6.92 Å². The molecule has 0 aliphatic heterocycles. The van der Waals surface area contributed by atoms with Gasteiger partial charge in [0.1, 0.15) is 5.75 Å². The summed E-state index contributed by atoms with van der Waals surface area (Å²) >= 11 is 0. The average molecular weight is 359 g/mol. The molecule has 0 aliphatic rings. The van der Waals surface area contributed by atoms with Crippen molar-refractivity contribution in [2.45, 2.75) is 26.2 Å². The summed E-state index contributed by atoms with van der Waals surface area (Å²) in [5.74, 6) is 0.514. The fourth-order valence-electron chi connectivity index (χ4n) is 3.04. The molecule has 3 aromatic rings. The number of ether oxygens (including phenoxy) is 1. The number of hydrogen-bond donors (Lipinski definition) is 1. The van der Waals surface area contributed by atoms with Gasteiger partial charge in [0.25, 0.3) is 5.91 Å². The van der Waals surface area contributed by atoms with Gasteiger partial charge in [0.15, 0.2) is 6.61 Å². The highest BCUT2D eigenvalue weighted by Gasteiger charge is 2.22. The molecule has 1 N–H and O–H groups in total. The smallest absolute Gasteiger partial charge is 0.262 e. The van der Waals surface area contributed by atoms with Gasteiger partial charge in [-0.2, -0.15) is 0 Å². The predicted octanol–water partition coefficient (Wildman–Crippen LogP) is 5.34. The van der Waals surface area contributed by atoms with Crippen molar-refractivity contribution in [2.24, 2.45) is 0 Å². The number of nitrogens with one attached hydrogen (secondary N) is 1. The van der Waals surface area contributed by atoms with Crippen molar-refractivity contribution in [1.82, 2.24) is 0 Å². The number of aryl methyl sites for hydroxylation is 1. The van der Waals surface area contributed by atoms with E-state index in [2.05, 4.69) is 55.6 Å². The first-order valence-electron chi connectivity index (χ1n) is 9.11. The SMILES string of the molecule is Cc1ccccc1NC(=O)COc1ccc(C(C)(C)c2ccccc2)cc1. The second kappa shape index (κ2) is 8.09. The minimum Gasteiger partial charge on any atom is -0.484 e. The third-order valence-electron chi connectivity index (χ3n) is 4.86. The zero-order chi connectivity index (χ0) is 19.3. The maximum absolute atomic E-state index is 12.1. The molecule has 0 aromatic heterocycles. The fraction of sp³-hybridized carbons (Fsp3) is 0.208. The number of rotatable bonds is 6. The molecular weight excluding hydrogens is 334 g/mol. The molecule has 0 heterocycles. The Morgan fingerprint density at radius 1 is 0.852 bits per heavy atom. The van der Waals surface area contributed by atoms with Gasteiger partial charge in [-0.05, 0) is 41.8 Å². The quantitative estimate of drug-likeness (QED) is 0.645. The van der Waals surface area contributed by atoms with Gasteiger partial charge in [-0.3, -0.25) is 4.79 Å². The molecule has 0 spiro atoms. The summed E-state index contributed by atoms with van der Waals surface area (Å²) in [6, 6.07) is 26.1. The number of amides is 1. The van der Waals surface area contributed by atoms with Gasteiger partial charge in [0.05, 0.1) is 0 Å². The van der Waals surface area contributed by atoms with E-state index in [0.717, 1.165) is 11.3 Å². The summed E-state index contributed by atoms with van der Waals surface area (Å²) in [5, 5.41) is 2.87. The number of hydrogen-bond acceptors (Lipinski definition) is 2. The van der Waals surface area contributed by atoms with Gasteiger partial charge in [-0.25, -0.2) is 0 Å². The molecule has 138 valence electrons. The summed E-state index contributed by atoms with van der Waals surface area (Å²) in [7, 11) is 0. The molecular formula is C24H25NO2. The summed E-state index contributed by atoms with van der Waals surface area (Å²) in [6.45, 7) is 6.35. The maximum Gasteiger partial charge on any atom is 0.262 e. The number of benzene rings is 3. The van der Waals surface area contributed by atoms with E-state index in [1.54, 1.807) is 0 Å². The van der Waals surface area contributed by atoms with E-state index in [9.17, 15) is 4.79 Å². The van der Waals surface area contributed by atoms with Crippen LogP contribution in [-0.2, 0) is 10.2 Å².